The molecule has 1 N–H and O–H groups in total. The molecule has 0 atom stereocenters. The summed E-state index contributed by atoms with van der Waals surface area (Å²) in [7, 11) is 0. The molecule has 1 heterocycles. The first-order chi connectivity index (χ1) is 8.15. The molecule has 3 heteroatoms. The topological polar surface area (TPSA) is 37.5 Å². The van der Waals surface area contributed by atoms with E-state index in [-0.39, 0.29) is 0 Å². The first-order valence-electron chi connectivity index (χ1n) is 5.58. The first-order valence-corrected chi connectivity index (χ1v) is 5.58. The van der Waals surface area contributed by atoms with Gasteiger partial charge in [0.05, 0.1) is 11.4 Å². The van der Waals surface area contributed by atoms with E-state index in [9.17, 15) is 0 Å². The molecule has 3 nitrogen and oxygen atoms in total. The lowest BCUT2D eigenvalue weighted by atomic mass is 10.1. The Hall–Kier alpha value is -2.03. The van der Waals surface area contributed by atoms with Crippen LogP contribution in [0.2, 0.25) is 0 Å². The molecule has 1 aromatic heterocycles. The minimum absolute atomic E-state index is 0.619. The lowest BCUT2D eigenvalue weighted by Crippen LogP contribution is -2.06. The van der Waals surface area contributed by atoms with Crippen LogP contribution in [0.1, 0.15) is 23.9 Å². The Bertz CT molecular complexity index is 548. The fraction of sp³-hybridized carbons (Fsp3) is 0.214. The van der Waals surface area contributed by atoms with Crippen LogP contribution in [0, 0.1) is 13.8 Å². The Morgan fingerprint density at radius 3 is 2.24 bits per heavy atom. The zero-order chi connectivity index (χ0) is 12.4. The van der Waals surface area contributed by atoms with E-state index in [1.54, 1.807) is 6.92 Å². The van der Waals surface area contributed by atoms with Gasteiger partial charge in [-0.1, -0.05) is 23.4 Å². The molecular formula is C14H16N2O. The van der Waals surface area contributed by atoms with Crippen molar-refractivity contribution in [1.29, 1.82) is 0 Å². The molecule has 0 amide bonds. The number of hydrogen-bond donors (Lipinski definition) is 1. The Morgan fingerprint density at radius 1 is 1.06 bits per heavy atom. The molecular weight excluding hydrogens is 212 g/mol. The second-order valence-electron chi connectivity index (χ2n) is 4.15. The van der Waals surface area contributed by atoms with Crippen molar-refractivity contribution in [3.8, 4) is 5.69 Å². The molecule has 0 aliphatic rings. The fourth-order valence-corrected chi connectivity index (χ4v) is 2.08. The molecule has 1 aromatic carbocycles. The summed E-state index contributed by atoms with van der Waals surface area (Å²) in [6.45, 7) is 5.93. The van der Waals surface area contributed by atoms with E-state index in [1.807, 2.05) is 24.3 Å². The van der Waals surface area contributed by atoms with Crippen molar-refractivity contribution < 1.29 is 5.21 Å². The van der Waals surface area contributed by atoms with Gasteiger partial charge in [-0.25, -0.2) is 0 Å². The maximum absolute atomic E-state index is 8.93. The van der Waals surface area contributed by atoms with Crippen LogP contribution in [0.15, 0.2) is 41.6 Å². The molecule has 0 aliphatic carbocycles. The van der Waals surface area contributed by atoms with Gasteiger partial charge in [0.25, 0.3) is 0 Å². The highest BCUT2D eigenvalue weighted by molar-refractivity contribution is 6.01. The Labute approximate surface area is 101 Å². The minimum atomic E-state index is 0.619. The SMILES string of the molecule is C/C(=N/O)c1ccccc1-n1c(C)ccc1C. The molecule has 0 unspecified atom stereocenters. The summed E-state index contributed by atoms with van der Waals surface area (Å²) < 4.78 is 2.16. The van der Waals surface area contributed by atoms with E-state index in [1.165, 1.54) is 11.4 Å². The average Bonchev–Trinajstić information content (AvgIpc) is 2.68. The third-order valence-electron chi connectivity index (χ3n) is 2.96. The Kier molecular flexibility index (Phi) is 3.00. The number of benzene rings is 1. The van der Waals surface area contributed by atoms with Crippen molar-refractivity contribution >= 4 is 5.71 Å². The largest absolute Gasteiger partial charge is 0.411 e. The molecule has 0 saturated carbocycles. The second kappa shape index (κ2) is 4.45. The third kappa shape index (κ3) is 1.96. The van der Waals surface area contributed by atoms with E-state index >= 15 is 0 Å². The quantitative estimate of drug-likeness (QED) is 0.478. The molecule has 0 spiro atoms. The Morgan fingerprint density at radius 2 is 1.65 bits per heavy atom. The smallest absolute Gasteiger partial charge is 0.0857 e. The van der Waals surface area contributed by atoms with Crippen LogP contribution in [0.5, 0.6) is 0 Å². The van der Waals surface area contributed by atoms with Crippen molar-refractivity contribution in [2.45, 2.75) is 20.8 Å². The van der Waals surface area contributed by atoms with Gasteiger partial charge >= 0.3 is 0 Å². The van der Waals surface area contributed by atoms with Crippen LogP contribution >= 0.6 is 0 Å². The van der Waals surface area contributed by atoms with Gasteiger partial charge < -0.3 is 9.77 Å². The first kappa shape index (κ1) is 11.5. The van der Waals surface area contributed by atoms with Crippen molar-refractivity contribution in [2.24, 2.45) is 5.16 Å². The van der Waals surface area contributed by atoms with Crippen LogP contribution in [0.4, 0.5) is 0 Å². The summed E-state index contributed by atoms with van der Waals surface area (Å²) in [5.41, 5.74) is 4.94. The third-order valence-corrected chi connectivity index (χ3v) is 2.96. The lowest BCUT2D eigenvalue weighted by molar-refractivity contribution is 0.319. The highest BCUT2D eigenvalue weighted by Crippen LogP contribution is 2.20. The predicted octanol–water partition coefficient (Wildman–Crippen LogP) is 3.29. The number of para-hydroxylation sites is 1. The molecule has 17 heavy (non-hydrogen) atoms. The number of aromatic nitrogens is 1. The highest BCUT2D eigenvalue weighted by atomic mass is 16.4. The minimum Gasteiger partial charge on any atom is -0.411 e. The van der Waals surface area contributed by atoms with Gasteiger partial charge in [0.1, 0.15) is 0 Å². The molecule has 0 bridgehead atoms. The van der Waals surface area contributed by atoms with Crippen molar-refractivity contribution in [3.05, 3.63) is 53.3 Å². The van der Waals surface area contributed by atoms with Gasteiger partial charge in [0.2, 0.25) is 0 Å². The zero-order valence-corrected chi connectivity index (χ0v) is 10.3. The maximum atomic E-state index is 8.93. The summed E-state index contributed by atoms with van der Waals surface area (Å²) in [6, 6.07) is 12.1. The summed E-state index contributed by atoms with van der Waals surface area (Å²) >= 11 is 0. The zero-order valence-electron chi connectivity index (χ0n) is 10.3. The van der Waals surface area contributed by atoms with Crippen molar-refractivity contribution in [3.63, 3.8) is 0 Å². The summed E-state index contributed by atoms with van der Waals surface area (Å²) in [6.07, 6.45) is 0. The molecule has 0 saturated heterocycles. The summed E-state index contributed by atoms with van der Waals surface area (Å²) in [4.78, 5) is 0. The van der Waals surface area contributed by atoms with Gasteiger partial charge in [-0.05, 0) is 39.0 Å². The van der Waals surface area contributed by atoms with E-state index < -0.39 is 0 Å². The molecule has 0 aliphatic heterocycles. The van der Waals surface area contributed by atoms with E-state index in [2.05, 4.69) is 35.7 Å². The van der Waals surface area contributed by atoms with E-state index in [4.69, 9.17) is 5.21 Å². The van der Waals surface area contributed by atoms with Crippen molar-refractivity contribution in [1.82, 2.24) is 4.57 Å². The monoisotopic (exact) mass is 228 g/mol. The van der Waals surface area contributed by atoms with Crippen LogP contribution in [-0.4, -0.2) is 15.5 Å². The number of hydrogen-bond acceptors (Lipinski definition) is 2. The Balaban J connectivity index is 2.68. The van der Waals surface area contributed by atoms with Gasteiger partial charge in [-0.15, -0.1) is 0 Å². The van der Waals surface area contributed by atoms with Gasteiger partial charge in [-0.2, -0.15) is 0 Å². The van der Waals surface area contributed by atoms with Gasteiger partial charge in [0.15, 0.2) is 0 Å². The molecule has 2 rings (SSSR count). The predicted molar refractivity (Wildman–Crippen MR) is 69.2 cm³/mol. The van der Waals surface area contributed by atoms with E-state index in [0.29, 0.717) is 5.71 Å². The number of oxime groups is 1. The average molecular weight is 228 g/mol. The molecule has 0 radical (unpaired) electrons. The molecule has 2 aromatic rings. The highest BCUT2D eigenvalue weighted by Gasteiger charge is 2.10. The fourth-order valence-electron chi connectivity index (χ4n) is 2.08. The van der Waals surface area contributed by atoms with Crippen LogP contribution in [-0.2, 0) is 0 Å². The number of nitrogens with zero attached hydrogens (tertiary/aromatic N) is 2. The lowest BCUT2D eigenvalue weighted by Gasteiger charge is -2.13. The normalized spacial score (nSPS) is 11.8. The summed E-state index contributed by atoms with van der Waals surface area (Å²) in [5.74, 6) is 0. The van der Waals surface area contributed by atoms with Crippen LogP contribution in [0.25, 0.3) is 5.69 Å². The molecule has 0 fully saturated rings. The maximum Gasteiger partial charge on any atom is 0.0857 e. The standard InChI is InChI=1S/C14H16N2O/c1-10-8-9-11(2)16(10)14-7-5-4-6-13(14)12(3)15-17/h4-9,17H,1-3H3/b15-12-. The summed E-state index contributed by atoms with van der Waals surface area (Å²) in [5, 5.41) is 12.2. The van der Waals surface area contributed by atoms with Gasteiger partial charge in [-0.3, -0.25) is 0 Å². The van der Waals surface area contributed by atoms with Crippen LogP contribution in [0.3, 0.4) is 0 Å². The van der Waals surface area contributed by atoms with E-state index in [0.717, 1.165) is 11.3 Å². The van der Waals surface area contributed by atoms with Crippen molar-refractivity contribution in [2.75, 3.05) is 0 Å². The van der Waals surface area contributed by atoms with Crippen LogP contribution < -0.4 is 0 Å². The van der Waals surface area contributed by atoms with Gasteiger partial charge in [0, 0.05) is 17.0 Å². The molecule has 88 valence electrons. The second-order valence-corrected chi connectivity index (χ2v) is 4.15. The number of aryl methyl sites for hydroxylation is 2. The number of rotatable bonds is 2.